The van der Waals surface area contributed by atoms with Crippen LogP contribution in [-0.2, 0) is 21.2 Å². The van der Waals surface area contributed by atoms with E-state index in [-0.39, 0.29) is 16.7 Å². The van der Waals surface area contributed by atoms with Crippen LogP contribution in [0, 0.1) is 0 Å². The molecule has 2 aromatic rings. The highest BCUT2D eigenvalue weighted by Gasteiger charge is 2.24. The van der Waals surface area contributed by atoms with Gasteiger partial charge in [0, 0.05) is 38.1 Å². The maximum atomic E-state index is 12.4. The van der Waals surface area contributed by atoms with Gasteiger partial charge in [-0.2, -0.15) is 0 Å². The van der Waals surface area contributed by atoms with Crippen molar-refractivity contribution in [2.24, 2.45) is 0 Å². The second-order valence-corrected chi connectivity index (χ2v) is 8.39. The predicted molar refractivity (Wildman–Crippen MR) is 98.8 cm³/mol. The van der Waals surface area contributed by atoms with Gasteiger partial charge in [0.05, 0.1) is 11.3 Å². The van der Waals surface area contributed by atoms with E-state index in [0.717, 1.165) is 15.6 Å². The zero-order valence-electron chi connectivity index (χ0n) is 14.7. The Morgan fingerprint density at radius 1 is 1.12 bits per heavy atom. The number of nitrogens with one attached hydrogen (secondary N) is 1. The summed E-state index contributed by atoms with van der Waals surface area (Å²) in [6, 6.07) is 11.0. The summed E-state index contributed by atoms with van der Waals surface area (Å²) in [5.74, 6) is -0.336. The maximum Gasteiger partial charge on any atom is 0.255 e. The normalized spacial score (nSPS) is 13.8. The Hall–Kier alpha value is -2.71. The molecule has 1 heterocycles. The molecule has 0 unspecified atom stereocenters. The molecule has 7 nitrogen and oxygen atoms in total. The van der Waals surface area contributed by atoms with Crippen LogP contribution in [0.25, 0.3) is 0 Å². The summed E-state index contributed by atoms with van der Waals surface area (Å²) in [5.41, 5.74) is 2.63. The van der Waals surface area contributed by atoms with Gasteiger partial charge < -0.3 is 10.2 Å². The first-order valence-electron chi connectivity index (χ1n) is 7.93. The molecule has 0 aliphatic carbocycles. The fourth-order valence-corrected chi connectivity index (χ4v) is 3.64. The lowest BCUT2D eigenvalue weighted by molar-refractivity contribution is -0.117. The van der Waals surface area contributed by atoms with E-state index in [0.29, 0.717) is 17.7 Å². The van der Waals surface area contributed by atoms with Crippen molar-refractivity contribution in [2.45, 2.75) is 11.3 Å². The average molecular weight is 373 g/mol. The smallest absolute Gasteiger partial charge is 0.255 e. The first kappa shape index (κ1) is 18.1. The van der Waals surface area contributed by atoms with E-state index < -0.39 is 10.0 Å². The number of sulfonamides is 1. The summed E-state index contributed by atoms with van der Waals surface area (Å²) >= 11 is 0. The third kappa shape index (κ3) is 3.21. The number of benzene rings is 2. The van der Waals surface area contributed by atoms with Crippen LogP contribution in [-0.4, -0.2) is 45.7 Å². The molecule has 0 bridgehead atoms. The van der Waals surface area contributed by atoms with Gasteiger partial charge in [0.1, 0.15) is 0 Å². The molecule has 3 rings (SSSR count). The molecule has 26 heavy (non-hydrogen) atoms. The molecule has 0 spiro atoms. The second kappa shape index (κ2) is 6.54. The average Bonchev–Trinajstić information content (AvgIpc) is 2.88. The Morgan fingerprint density at radius 2 is 1.77 bits per heavy atom. The molecule has 0 radical (unpaired) electrons. The zero-order valence-corrected chi connectivity index (χ0v) is 15.5. The predicted octanol–water partition coefficient (Wildman–Crippen LogP) is 1.71. The molecule has 136 valence electrons. The van der Waals surface area contributed by atoms with E-state index in [1.54, 1.807) is 30.1 Å². The number of hydrogen-bond acceptors (Lipinski definition) is 4. The van der Waals surface area contributed by atoms with Crippen LogP contribution >= 0.6 is 0 Å². The lowest BCUT2D eigenvalue weighted by Gasteiger charge is -2.12. The molecule has 1 aliphatic rings. The Bertz CT molecular complexity index is 982. The third-order valence-electron chi connectivity index (χ3n) is 4.31. The van der Waals surface area contributed by atoms with Crippen molar-refractivity contribution in [3.05, 3.63) is 53.6 Å². The molecule has 2 amide bonds. The van der Waals surface area contributed by atoms with E-state index in [1.807, 2.05) is 0 Å². The van der Waals surface area contributed by atoms with Gasteiger partial charge in [0.15, 0.2) is 0 Å². The molecule has 0 fully saturated rings. The van der Waals surface area contributed by atoms with Crippen LogP contribution < -0.4 is 10.2 Å². The standard InChI is InChI=1S/C18H19N3O4S/c1-20(2)26(24,25)15-7-4-12(5-8-15)18(23)19-14-6-9-16-13(10-14)11-17(22)21(16)3/h4-10H,11H2,1-3H3,(H,19,23). The molecule has 0 atom stereocenters. The van der Waals surface area contributed by atoms with E-state index in [2.05, 4.69) is 5.32 Å². The van der Waals surface area contributed by atoms with E-state index in [9.17, 15) is 18.0 Å². The maximum absolute atomic E-state index is 12.4. The van der Waals surface area contributed by atoms with Crippen molar-refractivity contribution < 1.29 is 18.0 Å². The quantitative estimate of drug-likeness (QED) is 0.884. The SMILES string of the molecule is CN1C(=O)Cc2cc(NC(=O)c3ccc(S(=O)(=O)N(C)C)cc3)ccc21. The Balaban J connectivity index is 1.77. The topological polar surface area (TPSA) is 86.8 Å². The van der Waals surface area contributed by atoms with Crippen LogP contribution in [0.5, 0.6) is 0 Å². The number of carbonyl (C=O) groups excluding carboxylic acids is 2. The number of fused-ring (bicyclic) bond motifs is 1. The van der Waals surface area contributed by atoms with Crippen LogP contribution in [0.4, 0.5) is 11.4 Å². The summed E-state index contributed by atoms with van der Waals surface area (Å²) < 4.78 is 25.2. The first-order chi connectivity index (χ1) is 12.2. The van der Waals surface area contributed by atoms with Crippen molar-refractivity contribution in [3.63, 3.8) is 0 Å². The van der Waals surface area contributed by atoms with Crippen molar-refractivity contribution in [1.29, 1.82) is 0 Å². The minimum absolute atomic E-state index is 0.0150. The summed E-state index contributed by atoms with van der Waals surface area (Å²) in [6.07, 6.45) is 0.312. The lowest BCUT2D eigenvalue weighted by atomic mass is 10.1. The lowest BCUT2D eigenvalue weighted by Crippen LogP contribution is -2.22. The molecule has 0 saturated heterocycles. The van der Waals surface area contributed by atoms with Crippen molar-refractivity contribution >= 4 is 33.2 Å². The molecule has 1 aliphatic heterocycles. The van der Waals surface area contributed by atoms with E-state index >= 15 is 0 Å². The minimum atomic E-state index is -3.53. The van der Waals surface area contributed by atoms with E-state index in [1.165, 1.54) is 38.4 Å². The third-order valence-corrected chi connectivity index (χ3v) is 6.14. The number of carbonyl (C=O) groups is 2. The summed E-state index contributed by atoms with van der Waals surface area (Å²) in [7, 11) is 1.09. The first-order valence-corrected chi connectivity index (χ1v) is 9.37. The number of hydrogen-bond donors (Lipinski definition) is 1. The molecule has 1 N–H and O–H groups in total. The molecule has 8 heteroatoms. The molecular weight excluding hydrogens is 354 g/mol. The minimum Gasteiger partial charge on any atom is -0.322 e. The summed E-state index contributed by atoms with van der Waals surface area (Å²) in [6.45, 7) is 0. The van der Waals surface area contributed by atoms with Gasteiger partial charge in [0.25, 0.3) is 5.91 Å². The summed E-state index contributed by atoms with van der Waals surface area (Å²) in [5, 5.41) is 2.77. The molecule has 0 aromatic heterocycles. The molecule has 2 aromatic carbocycles. The fraction of sp³-hybridized carbons (Fsp3) is 0.222. The van der Waals surface area contributed by atoms with E-state index in [4.69, 9.17) is 0 Å². The Labute approximate surface area is 152 Å². The number of anilines is 2. The number of likely N-dealkylation sites (N-methyl/N-ethyl adjacent to an activating group) is 1. The zero-order chi connectivity index (χ0) is 19.1. The van der Waals surface area contributed by atoms with Gasteiger partial charge in [-0.15, -0.1) is 0 Å². The number of rotatable bonds is 4. The highest BCUT2D eigenvalue weighted by Crippen LogP contribution is 2.30. The van der Waals surface area contributed by atoms with Crippen LogP contribution in [0.2, 0.25) is 0 Å². The van der Waals surface area contributed by atoms with Gasteiger partial charge >= 0.3 is 0 Å². The number of amides is 2. The Kier molecular flexibility index (Phi) is 4.55. The second-order valence-electron chi connectivity index (χ2n) is 6.24. The van der Waals surface area contributed by atoms with Crippen molar-refractivity contribution in [1.82, 2.24) is 4.31 Å². The summed E-state index contributed by atoms with van der Waals surface area (Å²) in [4.78, 5) is 25.8. The molecular formula is C18H19N3O4S. The van der Waals surface area contributed by atoms with Gasteiger partial charge in [-0.3, -0.25) is 9.59 Å². The fourth-order valence-electron chi connectivity index (χ4n) is 2.74. The highest BCUT2D eigenvalue weighted by atomic mass is 32.2. The van der Waals surface area contributed by atoms with Gasteiger partial charge in [-0.25, -0.2) is 12.7 Å². The molecule has 0 saturated carbocycles. The van der Waals surface area contributed by atoms with Gasteiger partial charge in [-0.05, 0) is 48.0 Å². The number of nitrogens with zero attached hydrogens (tertiary/aromatic N) is 2. The largest absolute Gasteiger partial charge is 0.322 e. The van der Waals surface area contributed by atoms with Crippen molar-refractivity contribution in [2.75, 3.05) is 31.4 Å². The van der Waals surface area contributed by atoms with Gasteiger partial charge in [0.2, 0.25) is 15.9 Å². The van der Waals surface area contributed by atoms with Crippen LogP contribution in [0.1, 0.15) is 15.9 Å². The van der Waals surface area contributed by atoms with Gasteiger partial charge in [-0.1, -0.05) is 0 Å². The monoisotopic (exact) mass is 373 g/mol. The Morgan fingerprint density at radius 3 is 2.38 bits per heavy atom. The highest BCUT2D eigenvalue weighted by molar-refractivity contribution is 7.89. The van der Waals surface area contributed by atoms with Crippen LogP contribution in [0.15, 0.2) is 47.4 Å². The van der Waals surface area contributed by atoms with Crippen molar-refractivity contribution in [3.8, 4) is 0 Å². The van der Waals surface area contributed by atoms with Crippen LogP contribution in [0.3, 0.4) is 0 Å².